The maximum atomic E-state index is 11.7. The van der Waals surface area contributed by atoms with Crippen molar-refractivity contribution in [3.8, 4) is 0 Å². The molecule has 106 valence electrons. The molecule has 1 aliphatic heterocycles. The van der Waals surface area contributed by atoms with Crippen LogP contribution in [0.1, 0.15) is 25.7 Å². The number of likely N-dealkylation sites (tertiary alicyclic amines) is 1. The number of rotatable bonds is 6. The van der Waals surface area contributed by atoms with Crippen LogP contribution in [0, 0.1) is 0 Å². The highest BCUT2D eigenvalue weighted by Gasteiger charge is 2.35. The van der Waals surface area contributed by atoms with Gasteiger partial charge in [0.1, 0.15) is 6.04 Å². The fourth-order valence-corrected chi connectivity index (χ4v) is 2.45. The molecule has 2 fully saturated rings. The van der Waals surface area contributed by atoms with Crippen LogP contribution in [-0.4, -0.2) is 53.2 Å². The number of hydrogen-bond acceptors (Lipinski definition) is 3. The average Bonchev–Trinajstić information content (AvgIpc) is 3.10. The van der Waals surface area contributed by atoms with Crippen molar-refractivity contribution in [1.29, 1.82) is 0 Å². The van der Waals surface area contributed by atoms with Crippen molar-refractivity contribution in [1.82, 2.24) is 15.5 Å². The first-order chi connectivity index (χ1) is 9.10. The summed E-state index contributed by atoms with van der Waals surface area (Å²) in [4.78, 5) is 25.0. The van der Waals surface area contributed by atoms with Crippen LogP contribution in [0.15, 0.2) is 12.7 Å². The van der Waals surface area contributed by atoms with Crippen LogP contribution in [0.3, 0.4) is 0 Å². The van der Waals surface area contributed by atoms with E-state index in [4.69, 9.17) is 5.11 Å². The van der Waals surface area contributed by atoms with E-state index >= 15 is 0 Å². The molecule has 1 heterocycles. The molecule has 2 aliphatic rings. The molecule has 0 spiro atoms. The number of nitrogens with zero attached hydrogens (tertiary/aromatic N) is 1. The van der Waals surface area contributed by atoms with E-state index in [1.807, 2.05) is 0 Å². The highest BCUT2D eigenvalue weighted by Crippen LogP contribution is 2.29. The first-order valence-electron chi connectivity index (χ1n) is 6.75. The van der Waals surface area contributed by atoms with Crippen LogP contribution in [0.4, 0.5) is 4.79 Å². The van der Waals surface area contributed by atoms with Gasteiger partial charge in [0.15, 0.2) is 0 Å². The normalized spacial score (nSPS) is 24.7. The van der Waals surface area contributed by atoms with Gasteiger partial charge in [-0.25, -0.2) is 9.59 Å². The number of carbonyl (C=O) groups excluding carboxylic acids is 1. The van der Waals surface area contributed by atoms with Gasteiger partial charge in [-0.1, -0.05) is 6.08 Å². The van der Waals surface area contributed by atoms with E-state index < -0.39 is 18.0 Å². The molecule has 6 nitrogen and oxygen atoms in total. The summed E-state index contributed by atoms with van der Waals surface area (Å²) in [6.07, 6.45) is 5.17. The summed E-state index contributed by atoms with van der Waals surface area (Å²) in [5.74, 6) is -1.04. The van der Waals surface area contributed by atoms with Gasteiger partial charge in [-0.15, -0.1) is 6.58 Å². The Bertz CT molecular complexity index is 368. The van der Waals surface area contributed by atoms with Crippen molar-refractivity contribution in [2.45, 2.75) is 43.8 Å². The molecule has 0 aromatic heterocycles. The third-order valence-corrected chi connectivity index (χ3v) is 3.62. The van der Waals surface area contributed by atoms with Gasteiger partial charge in [0.05, 0.1) is 0 Å². The van der Waals surface area contributed by atoms with E-state index in [1.54, 1.807) is 0 Å². The molecule has 0 aromatic rings. The zero-order valence-corrected chi connectivity index (χ0v) is 11.0. The molecule has 19 heavy (non-hydrogen) atoms. The van der Waals surface area contributed by atoms with Gasteiger partial charge in [-0.3, -0.25) is 4.90 Å². The second-order valence-corrected chi connectivity index (χ2v) is 5.24. The minimum Gasteiger partial charge on any atom is -0.480 e. The molecule has 0 radical (unpaired) electrons. The lowest BCUT2D eigenvalue weighted by Gasteiger charge is -2.18. The predicted octanol–water partition coefficient (Wildman–Crippen LogP) is 0.552. The van der Waals surface area contributed by atoms with Gasteiger partial charge in [-0.2, -0.15) is 0 Å². The van der Waals surface area contributed by atoms with E-state index in [0.717, 1.165) is 19.5 Å². The van der Waals surface area contributed by atoms with Crippen molar-refractivity contribution < 1.29 is 14.7 Å². The largest absolute Gasteiger partial charge is 0.480 e. The van der Waals surface area contributed by atoms with Crippen LogP contribution < -0.4 is 10.6 Å². The monoisotopic (exact) mass is 267 g/mol. The van der Waals surface area contributed by atoms with Crippen molar-refractivity contribution in [3.63, 3.8) is 0 Å². The van der Waals surface area contributed by atoms with E-state index in [0.29, 0.717) is 6.04 Å². The molecular weight excluding hydrogens is 246 g/mol. The molecule has 2 atom stereocenters. The van der Waals surface area contributed by atoms with E-state index in [2.05, 4.69) is 22.1 Å². The maximum absolute atomic E-state index is 11.7. The van der Waals surface area contributed by atoms with Crippen LogP contribution in [-0.2, 0) is 4.79 Å². The minimum atomic E-state index is -1.04. The number of hydrogen-bond donors (Lipinski definition) is 3. The number of nitrogens with one attached hydrogen (secondary N) is 2. The van der Waals surface area contributed by atoms with Crippen molar-refractivity contribution in [3.05, 3.63) is 12.7 Å². The van der Waals surface area contributed by atoms with E-state index in [1.165, 1.54) is 18.9 Å². The lowest BCUT2D eigenvalue weighted by atomic mass is 10.2. The van der Waals surface area contributed by atoms with Gasteiger partial charge in [0.2, 0.25) is 0 Å². The summed E-state index contributed by atoms with van der Waals surface area (Å²) in [6, 6.07) is -0.475. The van der Waals surface area contributed by atoms with Crippen molar-refractivity contribution in [2.24, 2.45) is 0 Å². The number of aliphatic carboxylic acids is 1. The lowest BCUT2D eigenvalue weighted by Crippen LogP contribution is -2.49. The summed E-state index contributed by atoms with van der Waals surface area (Å²) in [5.41, 5.74) is 0. The highest BCUT2D eigenvalue weighted by atomic mass is 16.4. The van der Waals surface area contributed by atoms with Gasteiger partial charge < -0.3 is 15.7 Å². The molecule has 0 aromatic carbocycles. The molecule has 0 bridgehead atoms. The minimum absolute atomic E-state index is 0.124. The van der Waals surface area contributed by atoms with Crippen LogP contribution in [0.2, 0.25) is 0 Å². The summed E-state index contributed by atoms with van der Waals surface area (Å²) in [7, 11) is 0. The quantitative estimate of drug-likeness (QED) is 0.614. The van der Waals surface area contributed by atoms with Gasteiger partial charge >= 0.3 is 12.0 Å². The smallest absolute Gasteiger partial charge is 0.326 e. The molecule has 3 N–H and O–H groups in total. The molecule has 2 rings (SSSR count). The number of urea groups is 1. The topological polar surface area (TPSA) is 81.7 Å². The molecule has 2 unspecified atom stereocenters. The second kappa shape index (κ2) is 6.06. The first-order valence-corrected chi connectivity index (χ1v) is 6.75. The first kappa shape index (κ1) is 13.9. The second-order valence-electron chi connectivity index (χ2n) is 5.24. The van der Waals surface area contributed by atoms with Gasteiger partial charge in [0, 0.05) is 25.2 Å². The van der Waals surface area contributed by atoms with Crippen LogP contribution in [0.25, 0.3) is 0 Å². The summed E-state index contributed by atoms with van der Waals surface area (Å²) in [6.45, 7) is 5.38. The fourth-order valence-electron chi connectivity index (χ4n) is 2.45. The van der Waals surface area contributed by atoms with Crippen LogP contribution in [0.5, 0.6) is 0 Å². The average molecular weight is 267 g/mol. The zero-order chi connectivity index (χ0) is 13.8. The van der Waals surface area contributed by atoms with Crippen molar-refractivity contribution >= 4 is 12.0 Å². The summed E-state index contributed by atoms with van der Waals surface area (Å²) in [5, 5.41) is 14.2. The Hall–Kier alpha value is -1.56. The SMILES string of the molecule is C=CCC(NC(=O)NC1CCN(C2CC2)C1)C(=O)O. The summed E-state index contributed by atoms with van der Waals surface area (Å²) >= 11 is 0. The fraction of sp³-hybridized carbons (Fsp3) is 0.692. The Labute approximate surface area is 112 Å². The molecule has 6 heteroatoms. The third-order valence-electron chi connectivity index (χ3n) is 3.62. The maximum Gasteiger partial charge on any atom is 0.326 e. The Morgan fingerprint density at radius 3 is 2.74 bits per heavy atom. The number of carboxylic acids is 1. The van der Waals surface area contributed by atoms with E-state index in [9.17, 15) is 9.59 Å². The number of amides is 2. The Morgan fingerprint density at radius 2 is 2.16 bits per heavy atom. The highest BCUT2D eigenvalue weighted by molar-refractivity contribution is 5.82. The third kappa shape index (κ3) is 3.96. The molecule has 2 amide bonds. The van der Waals surface area contributed by atoms with Gasteiger partial charge in [-0.05, 0) is 25.7 Å². The molecule has 1 aliphatic carbocycles. The Balaban J connectivity index is 1.74. The Morgan fingerprint density at radius 1 is 1.42 bits per heavy atom. The molecular formula is C13H21N3O3. The number of carbonyl (C=O) groups is 2. The lowest BCUT2D eigenvalue weighted by molar-refractivity contribution is -0.139. The predicted molar refractivity (Wildman–Crippen MR) is 70.9 cm³/mol. The molecule has 1 saturated carbocycles. The standard InChI is InChI=1S/C13H21N3O3/c1-2-3-11(12(17)18)15-13(19)14-9-6-7-16(8-9)10-4-5-10/h2,9-11H,1,3-8H2,(H,17,18)(H2,14,15,19). The van der Waals surface area contributed by atoms with Crippen LogP contribution >= 0.6 is 0 Å². The van der Waals surface area contributed by atoms with E-state index in [-0.39, 0.29) is 12.5 Å². The zero-order valence-electron chi connectivity index (χ0n) is 11.0. The van der Waals surface area contributed by atoms with Crippen molar-refractivity contribution in [2.75, 3.05) is 13.1 Å². The Kier molecular flexibility index (Phi) is 4.42. The van der Waals surface area contributed by atoms with Gasteiger partial charge in [0.25, 0.3) is 0 Å². The molecule has 1 saturated heterocycles. The number of carboxylic acid groups (broad SMARTS) is 1. The summed E-state index contributed by atoms with van der Waals surface area (Å²) < 4.78 is 0.